The molecule has 0 bridgehead atoms. The molecule has 3 nitrogen and oxygen atoms in total. The first kappa shape index (κ1) is 12.9. The lowest BCUT2D eigenvalue weighted by molar-refractivity contribution is 0.111. The largest absolute Gasteiger partial charge is 0.492 e. The average molecular weight is 265 g/mol. The number of ether oxygens (including phenoxy) is 1. The van der Waals surface area contributed by atoms with E-state index >= 15 is 0 Å². The smallest absolute Gasteiger partial charge is 0.153 e. The van der Waals surface area contributed by atoms with Gasteiger partial charge in [-0.25, -0.2) is 0 Å². The molecule has 0 atom stereocenters. The van der Waals surface area contributed by atoms with Crippen molar-refractivity contribution in [2.45, 2.75) is 6.42 Å². The third-order valence-corrected chi connectivity index (χ3v) is 2.96. The number of benzene rings is 2. The highest BCUT2D eigenvalue weighted by Gasteiger charge is 2.11. The van der Waals surface area contributed by atoms with Crippen LogP contribution >= 0.6 is 11.6 Å². The van der Waals surface area contributed by atoms with Gasteiger partial charge in [-0.05, 0) is 6.07 Å². The Labute approximate surface area is 110 Å². The lowest BCUT2D eigenvalue weighted by Crippen LogP contribution is -2.02. The van der Waals surface area contributed by atoms with E-state index in [1.54, 1.807) is 6.07 Å². The van der Waals surface area contributed by atoms with Crippen molar-refractivity contribution in [2.24, 2.45) is 0 Å². The third-order valence-electron chi connectivity index (χ3n) is 2.65. The molecular formula is C14H13ClO3. The zero-order valence-corrected chi connectivity index (χ0v) is 10.5. The fraction of sp³-hybridized carbons (Fsp3) is 0.214. The summed E-state index contributed by atoms with van der Waals surface area (Å²) in [5.74, 6) is 0.526. The Hall–Kier alpha value is -1.58. The molecule has 0 spiro atoms. The second kappa shape index (κ2) is 5.85. The second-order valence-corrected chi connectivity index (χ2v) is 4.27. The van der Waals surface area contributed by atoms with Crippen LogP contribution in [0.1, 0.15) is 16.8 Å². The molecule has 0 heterocycles. The molecule has 0 aliphatic heterocycles. The Morgan fingerprint density at radius 1 is 1.28 bits per heavy atom. The van der Waals surface area contributed by atoms with E-state index in [1.165, 1.54) is 0 Å². The third kappa shape index (κ3) is 2.47. The van der Waals surface area contributed by atoms with Gasteiger partial charge in [0.1, 0.15) is 5.75 Å². The van der Waals surface area contributed by atoms with Crippen LogP contribution in [-0.4, -0.2) is 24.6 Å². The highest BCUT2D eigenvalue weighted by molar-refractivity contribution is 6.36. The molecule has 0 amide bonds. The van der Waals surface area contributed by atoms with Gasteiger partial charge in [-0.3, -0.25) is 4.79 Å². The van der Waals surface area contributed by atoms with Crippen LogP contribution in [0, 0.1) is 0 Å². The average Bonchev–Trinajstić information content (AvgIpc) is 2.41. The van der Waals surface area contributed by atoms with Crippen LogP contribution in [0.25, 0.3) is 10.8 Å². The van der Waals surface area contributed by atoms with E-state index < -0.39 is 0 Å². The molecule has 0 aliphatic carbocycles. The SMILES string of the molecule is O=Cc1cc(Cl)c2ccccc2c1OCCCO. The van der Waals surface area contributed by atoms with Crippen molar-refractivity contribution in [3.05, 3.63) is 40.9 Å². The summed E-state index contributed by atoms with van der Waals surface area (Å²) >= 11 is 6.12. The fourth-order valence-corrected chi connectivity index (χ4v) is 2.09. The first-order valence-corrected chi connectivity index (χ1v) is 6.06. The maximum atomic E-state index is 11.1. The van der Waals surface area contributed by atoms with Gasteiger partial charge in [0, 0.05) is 28.8 Å². The lowest BCUT2D eigenvalue weighted by Gasteiger charge is -2.12. The van der Waals surface area contributed by atoms with Gasteiger partial charge >= 0.3 is 0 Å². The number of aldehydes is 1. The maximum Gasteiger partial charge on any atom is 0.153 e. The van der Waals surface area contributed by atoms with Crippen molar-refractivity contribution < 1.29 is 14.6 Å². The van der Waals surface area contributed by atoms with Gasteiger partial charge in [0.05, 0.1) is 12.2 Å². The zero-order chi connectivity index (χ0) is 13.0. The second-order valence-electron chi connectivity index (χ2n) is 3.87. The van der Waals surface area contributed by atoms with Crippen LogP contribution in [0.3, 0.4) is 0 Å². The highest BCUT2D eigenvalue weighted by atomic mass is 35.5. The minimum atomic E-state index is 0.0575. The molecule has 0 saturated carbocycles. The molecular weight excluding hydrogens is 252 g/mol. The molecule has 0 unspecified atom stereocenters. The molecule has 18 heavy (non-hydrogen) atoms. The van der Waals surface area contributed by atoms with E-state index in [0.29, 0.717) is 29.4 Å². The van der Waals surface area contributed by atoms with Crippen molar-refractivity contribution in [2.75, 3.05) is 13.2 Å². The van der Waals surface area contributed by atoms with Gasteiger partial charge in [0.15, 0.2) is 6.29 Å². The summed E-state index contributed by atoms with van der Waals surface area (Å²) in [5.41, 5.74) is 0.427. The summed E-state index contributed by atoms with van der Waals surface area (Å²) in [5, 5.41) is 10.9. The molecule has 1 N–H and O–H groups in total. The number of carbonyl (C=O) groups is 1. The number of rotatable bonds is 5. The molecule has 0 radical (unpaired) electrons. The number of aliphatic hydroxyl groups is 1. The maximum absolute atomic E-state index is 11.1. The number of fused-ring (bicyclic) bond motifs is 1. The van der Waals surface area contributed by atoms with Crippen molar-refractivity contribution >= 4 is 28.7 Å². The van der Waals surface area contributed by atoms with Crippen molar-refractivity contribution in [3.8, 4) is 5.75 Å². The molecule has 0 aromatic heterocycles. The van der Waals surface area contributed by atoms with Crippen LogP contribution in [0.4, 0.5) is 0 Å². The first-order valence-electron chi connectivity index (χ1n) is 5.68. The van der Waals surface area contributed by atoms with Gasteiger partial charge in [-0.2, -0.15) is 0 Å². The number of aliphatic hydroxyl groups excluding tert-OH is 1. The molecule has 0 fully saturated rings. The van der Waals surface area contributed by atoms with Crippen LogP contribution in [0.5, 0.6) is 5.75 Å². The highest BCUT2D eigenvalue weighted by Crippen LogP contribution is 2.34. The summed E-state index contributed by atoms with van der Waals surface area (Å²) in [7, 11) is 0. The minimum absolute atomic E-state index is 0.0575. The summed E-state index contributed by atoms with van der Waals surface area (Å²) in [4.78, 5) is 11.1. The Bertz CT molecular complexity index is 566. The van der Waals surface area contributed by atoms with E-state index in [2.05, 4.69) is 0 Å². The normalized spacial score (nSPS) is 10.6. The summed E-state index contributed by atoms with van der Waals surface area (Å²) in [6, 6.07) is 9.09. The number of halogens is 1. The molecule has 0 aliphatic rings. The first-order chi connectivity index (χ1) is 8.77. The Kier molecular flexibility index (Phi) is 4.18. The topological polar surface area (TPSA) is 46.5 Å². The number of hydrogen-bond acceptors (Lipinski definition) is 3. The number of carbonyl (C=O) groups excluding carboxylic acids is 1. The van der Waals surface area contributed by atoms with Crippen LogP contribution in [-0.2, 0) is 0 Å². The zero-order valence-electron chi connectivity index (χ0n) is 9.73. The molecule has 2 rings (SSSR count). The summed E-state index contributed by atoms with van der Waals surface area (Å²) < 4.78 is 5.59. The monoisotopic (exact) mass is 264 g/mol. The Morgan fingerprint density at radius 2 is 2.00 bits per heavy atom. The van der Waals surface area contributed by atoms with E-state index in [4.69, 9.17) is 21.4 Å². The van der Waals surface area contributed by atoms with Crippen LogP contribution in [0.15, 0.2) is 30.3 Å². The van der Waals surface area contributed by atoms with Crippen molar-refractivity contribution in [1.29, 1.82) is 0 Å². The predicted octanol–water partition coefficient (Wildman–Crippen LogP) is 3.07. The lowest BCUT2D eigenvalue weighted by atomic mass is 10.1. The van der Waals surface area contributed by atoms with Crippen LogP contribution < -0.4 is 4.74 Å². The van der Waals surface area contributed by atoms with Crippen molar-refractivity contribution in [3.63, 3.8) is 0 Å². The summed E-state index contributed by atoms with van der Waals surface area (Å²) in [6.45, 7) is 0.422. The minimum Gasteiger partial charge on any atom is -0.492 e. The van der Waals surface area contributed by atoms with Gasteiger partial charge in [-0.1, -0.05) is 35.9 Å². The summed E-state index contributed by atoms with van der Waals surface area (Å²) in [6.07, 6.45) is 1.25. The molecule has 4 heteroatoms. The van der Waals surface area contributed by atoms with Gasteiger partial charge < -0.3 is 9.84 Å². The predicted molar refractivity (Wildman–Crippen MR) is 71.5 cm³/mol. The fourth-order valence-electron chi connectivity index (χ4n) is 1.81. The molecule has 0 saturated heterocycles. The quantitative estimate of drug-likeness (QED) is 0.667. The number of hydrogen-bond donors (Lipinski definition) is 1. The van der Waals surface area contributed by atoms with Crippen molar-refractivity contribution in [1.82, 2.24) is 0 Å². The van der Waals surface area contributed by atoms with E-state index in [1.807, 2.05) is 24.3 Å². The molecule has 94 valence electrons. The van der Waals surface area contributed by atoms with Gasteiger partial charge in [-0.15, -0.1) is 0 Å². The Balaban J connectivity index is 2.53. The van der Waals surface area contributed by atoms with E-state index in [-0.39, 0.29) is 6.61 Å². The van der Waals surface area contributed by atoms with E-state index in [0.717, 1.165) is 17.1 Å². The van der Waals surface area contributed by atoms with Gasteiger partial charge in [0.2, 0.25) is 0 Å². The Morgan fingerprint density at radius 3 is 2.67 bits per heavy atom. The molecule has 2 aromatic carbocycles. The van der Waals surface area contributed by atoms with Gasteiger partial charge in [0.25, 0.3) is 0 Å². The standard InChI is InChI=1S/C14H13ClO3/c15-13-8-10(9-17)14(18-7-3-6-16)12-5-2-1-4-11(12)13/h1-2,4-5,8-9,16H,3,6-7H2. The van der Waals surface area contributed by atoms with E-state index in [9.17, 15) is 4.79 Å². The molecule has 2 aromatic rings. The van der Waals surface area contributed by atoms with Crippen LogP contribution in [0.2, 0.25) is 5.02 Å².